The van der Waals surface area contributed by atoms with Crippen LogP contribution in [0.4, 0.5) is 11.5 Å². The third-order valence-corrected chi connectivity index (χ3v) is 2.13. The largest absolute Gasteiger partial charge is 0.396 e. The van der Waals surface area contributed by atoms with E-state index in [-0.39, 0.29) is 0 Å². The van der Waals surface area contributed by atoms with E-state index in [1.165, 1.54) is 6.33 Å². The lowest BCUT2D eigenvalue weighted by Gasteiger charge is -2.07. The summed E-state index contributed by atoms with van der Waals surface area (Å²) in [5, 5.41) is 3.13. The van der Waals surface area contributed by atoms with E-state index in [1.54, 1.807) is 12.4 Å². The summed E-state index contributed by atoms with van der Waals surface area (Å²) in [7, 11) is 0. The molecule has 0 saturated carbocycles. The van der Waals surface area contributed by atoms with E-state index >= 15 is 0 Å². The van der Waals surface area contributed by atoms with Gasteiger partial charge >= 0.3 is 0 Å². The number of nitrogens with zero attached hydrogens (tertiary/aromatic N) is 3. The van der Waals surface area contributed by atoms with E-state index in [0.29, 0.717) is 18.1 Å². The molecule has 0 aromatic carbocycles. The first-order chi connectivity index (χ1) is 7.75. The number of rotatable bonds is 3. The summed E-state index contributed by atoms with van der Waals surface area (Å²) in [4.78, 5) is 12.2. The number of anilines is 2. The third-order valence-electron chi connectivity index (χ3n) is 2.13. The molecule has 0 unspecified atom stereocenters. The highest BCUT2D eigenvalue weighted by Gasteiger charge is 2.00. The number of aromatic nitrogens is 3. The summed E-state index contributed by atoms with van der Waals surface area (Å²) in [6, 6.07) is 3.73. The molecular formula is C11H13N5. The van der Waals surface area contributed by atoms with Gasteiger partial charge in [0.1, 0.15) is 12.1 Å². The number of nitrogen functional groups attached to an aromatic ring is 1. The lowest BCUT2D eigenvalue weighted by atomic mass is 10.3. The van der Waals surface area contributed by atoms with Crippen molar-refractivity contribution in [2.45, 2.75) is 13.5 Å². The van der Waals surface area contributed by atoms with E-state index in [4.69, 9.17) is 5.73 Å². The van der Waals surface area contributed by atoms with Gasteiger partial charge in [0.15, 0.2) is 0 Å². The lowest BCUT2D eigenvalue weighted by molar-refractivity contribution is 0.996. The van der Waals surface area contributed by atoms with E-state index < -0.39 is 0 Å². The maximum Gasteiger partial charge on any atom is 0.149 e. The first-order valence-corrected chi connectivity index (χ1v) is 4.96. The highest BCUT2D eigenvalue weighted by molar-refractivity contribution is 5.61. The van der Waals surface area contributed by atoms with Crippen molar-refractivity contribution in [3.8, 4) is 0 Å². The van der Waals surface area contributed by atoms with E-state index in [2.05, 4.69) is 20.3 Å². The second-order valence-corrected chi connectivity index (χ2v) is 3.50. The molecule has 0 aliphatic rings. The molecule has 0 spiro atoms. The fraction of sp³-hybridized carbons (Fsp3) is 0.182. The van der Waals surface area contributed by atoms with Gasteiger partial charge in [0.25, 0.3) is 0 Å². The summed E-state index contributed by atoms with van der Waals surface area (Å²) in [6.45, 7) is 2.54. The number of hydrogen-bond acceptors (Lipinski definition) is 5. The Balaban J connectivity index is 2.05. The molecule has 0 radical (unpaired) electrons. The Labute approximate surface area is 93.8 Å². The Kier molecular flexibility index (Phi) is 2.95. The van der Waals surface area contributed by atoms with Gasteiger partial charge in [-0.2, -0.15) is 0 Å². The highest BCUT2D eigenvalue weighted by atomic mass is 15.0. The monoisotopic (exact) mass is 215 g/mol. The summed E-state index contributed by atoms with van der Waals surface area (Å²) in [5.74, 6) is 0.684. The Bertz CT molecular complexity index is 469. The minimum absolute atomic E-state index is 0.586. The second kappa shape index (κ2) is 4.57. The van der Waals surface area contributed by atoms with Crippen LogP contribution in [-0.4, -0.2) is 15.0 Å². The molecule has 0 bridgehead atoms. The molecule has 0 aliphatic carbocycles. The Morgan fingerprint density at radius 1 is 1.38 bits per heavy atom. The molecule has 2 aromatic heterocycles. The van der Waals surface area contributed by atoms with Crippen molar-refractivity contribution in [3.63, 3.8) is 0 Å². The molecule has 2 rings (SSSR count). The quantitative estimate of drug-likeness (QED) is 0.808. The maximum atomic E-state index is 5.83. The zero-order valence-electron chi connectivity index (χ0n) is 9.01. The number of pyridine rings is 1. The molecule has 0 fully saturated rings. The van der Waals surface area contributed by atoms with Crippen LogP contribution in [0.3, 0.4) is 0 Å². The van der Waals surface area contributed by atoms with Gasteiger partial charge < -0.3 is 11.1 Å². The predicted molar refractivity (Wildman–Crippen MR) is 62.7 cm³/mol. The molecule has 2 aromatic rings. The van der Waals surface area contributed by atoms with Crippen molar-refractivity contribution in [1.29, 1.82) is 0 Å². The molecular weight excluding hydrogens is 202 g/mol. The molecule has 0 amide bonds. The number of nitrogens with one attached hydrogen (secondary N) is 1. The summed E-state index contributed by atoms with van der Waals surface area (Å²) in [6.07, 6.45) is 5.00. The summed E-state index contributed by atoms with van der Waals surface area (Å²) in [5.41, 5.74) is 8.42. The number of nitrogens with two attached hydrogens (primary N) is 1. The van der Waals surface area contributed by atoms with Crippen LogP contribution in [0, 0.1) is 6.92 Å². The van der Waals surface area contributed by atoms with Crippen molar-refractivity contribution in [3.05, 3.63) is 42.1 Å². The highest BCUT2D eigenvalue weighted by Crippen LogP contribution is 2.16. The Morgan fingerprint density at radius 2 is 2.25 bits per heavy atom. The Hall–Kier alpha value is -2.17. The average Bonchev–Trinajstić information content (AvgIpc) is 2.29. The Morgan fingerprint density at radius 3 is 2.94 bits per heavy atom. The molecule has 0 atom stereocenters. The topological polar surface area (TPSA) is 76.7 Å². The van der Waals surface area contributed by atoms with Crippen LogP contribution in [0.1, 0.15) is 11.3 Å². The van der Waals surface area contributed by atoms with Gasteiger partial charge in [0.05, 0.1) is 17.9 Å². The molecule has 5 heteroatoms. The van der Waals surface area contributed by atoms with Gasteiger partial charge in [0, 0.05) is 12.4 Å². The van der Waals surface area contributed by atoms with Gasteiger partial charge in [-0.3, -0.25) is 0 Å². The molecule has 5 nitrogen and oxygen atoms in total. The van der Waals surface area contributed by atoms with Gasteiger partial charge in [0.2, 0.25) is 0 Å². The van der Waals surface area contributed by atoms with E-state index in [0.717, 1.165) is 11.3 Å². The minimum atomic E-state index is 0.586. The fourth-order valence-corrected chi connectivity index (χ4v) is 1.34. The van der Waals surface area contributed by atoms with Crippen molar-refractivity contribution in [1.82, 2.24) is 15.0 Å². The molecule has 16 heavy (non-hydrogen) atoms. The van der Waals surface area contributed by atoms with Crippen LogP contribution in [0.2, 0.25) is 0 Å². The van der Waals surface area contributed by atoms with Crippen molar-refractivity contribution < 1.29 is 0 Å². The van der Waals surface area contributed by atoms with Crippen LogP contribution in [0.25, 0.3) is 0 Å². The fourth-order valence-electron chi connectivity index (χ4n) is 1.34. The van der Waals surface area contributed by atoms with Crippen LogP contribution in [-0.2, 0) is 6.54 Å². The van der Waals surface area contributed by atoms with Gasteiger partial charge in [-0.05, 0) is 24.6 Å². The second-order valence-electron chi connectivity index (χ2n) is 3.50. The van der Waals surface area contributed by atoms with E-state index in [9.17, 15) is 0 Å². The molecule has 0 saturated heterocycles. The zero-order valence-corrected chi connectivity index (χ0v) is 9.01. The average molecular weight is 215 g/mol. The van der Waals surface area contributed by atoms with E-state index in [1.807, 2.05) is 19.1 Å². The minimum Gasteiger partial charge on any atom is -0.396 e. The first kappa shape index (κ1) is 10.4. The number of hydrogen-bond donors (Lipinski definition) is 2. The van der Waals surface area contributed by atoms with Crippen LogP contribution in [0.15, 0.2) is 30.9 Å². The SMILES string of the molecule is Cc1cnc(NCc2ccncn2)c(N)c1. The molecule has 2 heterocycles. The zero-order chi connectivity index (χ0) is 11.4. The van der Waals surface area contributed by atoms with Gasteiger partial charge in [-0.15, -0.1) is 0 Å². The smallest absolute Gasteiger partial charge is 0.149 e. The van der Waals surface area contributed by atoms with Crippen LogP contribution < -0.4 is 11.1 Å². The molecule has 82 valence electrons. The molecule has 3 N–H and O–H groups in total. The number of aryl methyl sites for hydroxylation is 1. The van der Waals surface area contributed by atoms with Crippen molar-refractivity contribution in [2.24, 2.45) is 0 Å². The van der Waals surface area contributed by atoms with Gasteiger partial charge in [-0.1, -0.05) is 0 Å². The summed E-state index contributed by atoms with van der Waals surface area (Å²) < 4.78 is 0. The first-order valence-electron chi connectivity index (χ1n) is 4.96. The summed E-state index contributed by atoms with van der Waals surface area (Å²) >= 11 is 0. The molecule has 0 aliphatic heterocycles. The normalized spacial score (nSPS) is 10.1. The van der Waals surface area contributed by atoms with Crippen LogP contribution >= 0.6 is 0 Å². The predicted octanol–water partition coefficient (Wildman–Crippen LogP) is 1.37. The maximum absolute atomic E-state index is 5.83. The standard InChI is InChI=1S/C11H13N5/c1-8-4-10(12)11(14-5-8)15-6-9-2-3-13-7-16-9/h2-5,7H,6,12H2,1H3,(H,14,15). The van der Waals surface area contributed by atoms with Crippen LogP contribution in [0.5, 0.6) is 0 Å². The van der Waals surface area contributed by atoms with Gasteiger partial charge in [-0.25, -0.2) is 15.0 Å². The van der Waals surface area contributed by atoms with Crippen molar-refractivity contribution in [2.75, 3.05) is 11.1 Å². The third kappa shape index (κ3) is 2.44. The lowest BCUT2D eigenvalue weighted by Crippen LogP contribution is -2.06. The van der Waals surface area contributed by atoms with Crippen molar-refractivity contribution >= 4 is 11.5 Å².